The predicted octanol–water partition coefficient (Wildman–Crippen LogP) is 2.38. The van der Waals surface area contributed by atoms with Gasteiger partial charge in [0.15, 0.2) is 0 Å². The van der Waals surface area contributed by atoms with Gasteiger partial charge in [-0.3, -0.25) is 4.79 Å². The molecule has 2 aromatic rings. The highest BCUT2D eigenvalue weighted by atomic mass is 35.5. The van der Waals surface area contributed by atoms with Crippen LogP contribution in [0.15, 0.2) is 48.5 Å². The summed E-state index contributed by atoms with van der Waals surface area (Å²) in [6, 6.07) is 14.3. The summed E-state index contributed by atoms with van der Waals surface area (Å²) in [7, 11) is 1.30. The Hall–Kier alpha value is -1.88. The molecule has 2 atom stereocenters. The largest absolute Gasteiger partial charge is 0.468 e. The molecule has 4 nitrogen and oxygen atoms in total. The summed E-state index contributed by atoms with van der Waals surface area (Å²) in [6.07, 6.45) is 0.506. The summed E-state index contributed by atoms with van der Waals surface area (Å²) in [4.78, 5) is 11.4. The Morgan fingerprint density at radius 1 is 1.14 bits per heavy atom. The molecule has 0 saturated heterocycles. The number of hydrogen-bond donors (Lipinski definition) is 2. The van der Waals surface area contributed by atoms with Crippen molar-refractivity contribution in [3.05, 3.63) is 59.1 Å². The second kappa shape index (κ2) is 7.40. The first-order valence-corrected chi connectivity index (χ1v) is 7.33. The van der Waals surface area contributed by atoms with E-state index in [9.17, 15) is 4.79 Å². The molecule has 0 aromatic heterocycles. The van der Waals surface area contributed by atoms with Crippen molar-refractivity contribution in [1.82, 2.24) is 0 Å². The van der Waals surface area contributed by atoms with Gasteiger partial charge in [0.25, 0.3) is 0 Å². The van der Waals surface area contributed by atoms with E-state index in [0.29, 0.717) is 11.4 Å². The van der Waals surface area contributed by atoms with E-state index >= 15 is 0 Å². The van der Waals surface area contributed by atoms with Gasteiger partial charge in [0.2, 0.25) is 0 Å². The van der Waals surface area contributed by atoms with E-state index in [1.165, 1.54) is 7.11 Å². The molecule has 2 aromatic carbocycles. The summed E-state index contributed by atoms with van der Waals surface area (Å²) in [6.45, 7) is 0. The van der Waals surface area contributed by atoms with E-state index in [0.717, 1.165) is 16.7 Å². The van der Waals surface area contributed by atoms with Gasteiger partial charge in [-0.15, -0.1) is 0 Å². The Kier molecular flexibility index (Phi) is 5.55. The zero-order valence-electron chi connectivity index (χ0n) is 12.3. The molecule has 4 N–H and O–H groups in total. The monoisotopic (exact) mass is 318 g/mol. The quantitative estimate of drug-likeness (QED) is 0.830. The second-order valence-electron chi connectivity index (χ2n) is 5.12. The van der Waals surface area contributed by atoms with Crippen molar-refractivity contribution in [3.8, 4) is 11.1 Å². The van der Waals surface area contributed by atoms with Crippen LogP contribution in [0.3, 0.4) is 0 Å². The molecule has 2 rings (SSSR count). The fraction of sp³-hybridized carbons (Fsp3) is 0.235. The van der Waals surface area contributed by atoms with E-state index < -0.39 is 18.1 Å². The van der Waals surface area contributed by atoms with Crippen molar-refractivity contribution >= 4 is 17.6 Å². The van der Waals surface area contributed by atoms with Crippen LogP contribution >= 0.6 is 11.6 Å². The van der Waals surface area contributed by atoms with Gasteiger partial charge in [-0.2, -0.15) is 0 Å². The molecule has 0 saturated carbocycles. The lowest BCUT2D eigenvalue weighted by molar-refractivity contribution is -0.142. The van der Waals surface area contributed by atoms with E-state index in [4.69, 9.17) is 23.1 Å². The Labute approximate surface area is 135 Å². The average molecular weight is 319 g/mol. The van der Waals surface area contributed by atoms with Gasteiger partial charge >= 0.3 is 5.97 Å². The number of esters is 1. The highest BCUT2D eigenvalue weighted by Gasteiger charge is 2.22. The number of halogens is 1. The number of carbonyl (C=O) groups excluding carboxylic acids is 1. The highest BCUT2D eigenvalue weighted by molar-refractivity contribution is 6.30. The lowest BCUT2D eigenvalue weighted by Gasteiger charge is -2.17. The first-order valence-electron chi connectivity index (χ1n) is 6.95. The van der Waals surface area contributed by atoms with E-state index in [1.54, 1.807) is 0 Å². The number of rotatable bonds is 5. The SMILES string of the molecule is COC(=O)[C@@H](N)[C@H](N)Cc1ccc(-c2cccc(Cl)c2)cc1. The molecule has 5 heteroatoms. The molecule has 0 bridgehead atoms. The van der Waals surface area contributed by atoms with Crippen molar-refractivity contribution in [2.45, 2.75) is 18.5 Å². The maximum absolute atomic E-state index is 11.4. The molecule has 0 radical (unpaired) electrons. The molecule has 0 unspecified atom stereocenters. The maximum Gasteiger partial charge on any atom is 0.324 e. The molecule has 116 valence electrons. The minimum Gasteiger partial charge on any atom is -0.468 e. The fourth-order valence-corrected chi connectivity index (χ4v) is 2.40. The summed E-state index contributed by atoms with van der Waals surface area (Å²) >= 11 is 6.00. The first-order chi connectivity index (χ1) is 10.5. The predicted molar refractivity (Wildman–Crippen MR) is 88.6 cm³/mol. The van der Waals surface area contributed by atoms with Gasteiger partial charge in [-0.05, 0) is 35.2 Å². The minimum absolute atomic E-state index is 0.482. The van der Waals surface area contributed by atoms with Crippen molar-refractivity contribution in [2.75, 3.05) is 7.11 Å². The Bertz CT molecular complexity index is 643. The van der Waals surface area contributed by atoms with Crippen molar-refractivity contribution in [1.29, 1.82) is 0 Å². The van der Waals surface area contributed by atoms with Crippen LogP contribution in [0.5, 0.6) is 0 Å². The van der Waals surface area contributed by atoms with Crippen LogP contribution in [0.2, 0.25) is 5.02 Å². The topological polar surface area (TPSA) is 78.3 Å². The van der Waals surface area contributed by atoms with Gasteiger partial charge < -0.3 is 16.2 Å². The number of benzene rings is 2. The van der Waals surface area contributed by atoms with Crippen LogP contribution in [0.25, 0.3) is 11.1 Å². The molecule has 0 aliphatic rings. The molecule has 0 aliphatic heterocycles. The molecular formula is C17H19ClN2O2. The molecule has 0 aliphatic carbocycles. The molecule has 22 heavy (non-hydrogen) atoms. The lowest BCUT2D eigenvalue weighted by atomic mass is 9.98. The number of methoxy groups -OCH3 is 1. The van der Waals surface area contributed by atoms with Crippen LogP contribution < -0.4 is 11.5 Å². The minimum atomic E-state index is -0.822. The zero-order valence-corrected chi connectivity index (χ0v) is 13.1. The normalized spacial score (nSPS) is 13.5. The Morgan fingerprint density at radius 2 is 1.82 bits per heavy atom. The van der Waals surface area contributed by atoms with Crippen molar-refractivity contribution < 1.29 is 9.53 Å². The van der Waals surface area contributed by atoms with Crippen LogP contribution in [0.4, 0.5) is 0 Å². The smallest absolute Gasteiger partial charge is 0.324 e. The lowest BCUT2D eigenvalue weighted by Crippen LogP contribution is -2.48. The van der Waals surface area contributed by atoms with E-state index in [1.807, 2.05) is 48.5 Å². The van der Waals surface area contributed by atoms with E-state index in [-0.39, 0.29) is 0 Å². The molecule has 0 heterocycles. The van der Waals surface area contributed by atoms with Crippen molar-refractivity contribution in [3.63, 3.8) is 0 Å². The highest BCUT2D eigenvalue weighted by Crippen LogP contribution is 2.23. The standard InChI is InChI=1S/C17H19ClN2O2/c1-22-17(21)16(20)15(19)9-11-5-7-12(8-6-11)13-3-2-4-14(18)10-13/h2-8,10,15-16H,9,19-20H2,1H3/t15-,16+/m1/s1. The Morgan fingerprint density at radius 3 is 2.41 bits per heavy atom. The summed E-state index contributed by atoms with van der Waals surface area (Å²) < 4.78 is 4.60. The summed E-state index contributed by atoms with van der Waals surface area (Å²) in [5, 5.41) is 0.702. The number of ether oxygens (including phenoxy) is 1. The molecule has 0 amide bonds. The van der Waals surface area contributed by atoms with Crippen molar-refractivity contribution in [2.24, 2.45) is 11.5 Å². The fourth-order valence-electron chi connectivity index (χ4n) is 2.21. The number of carbonyl (C=O) groups is 1. The van der Waals surface area contributed by atoms with Gasteiger partial charge in [0.05, 0.1) is 7.11 Å². The number of hydrogen-bond acceptors (Lipinski definition) is 4. The van der Waals surface area contributed by atoms with Crippen LogP contribution in [-0.4, -0.2) is 25.2 Å². The van der Waals surface area contributed by atoms with Crippen LogP contribution in [-0.2, 0) is 16.0 Å². The van der Waals surface area contributed by atoms with Crippen LogP contribution in [0.1, 0.15) is 5.56 Å². The third-order valence-corrected chi connectivity index (χ3v) is 3.75. The van der Waals surface area contributed by atoms with Gasteiger partial charge in [0.1, 0.15) is 6.04 Å². The Balaban J connectivity index is 2.08. The average Bonchev–Trinajstić information content (AvgIpc) is 2.54. The van der Waals surface area contributed by atoms with Crippen LogP contribution in [0, 0.1) is 0 Å². The number of nitrogens with two attached hydrogens (primary N) is 2. The molecule has 0 spiro atoms. The second-order valence-corrected chi connectivity index (χ2v) is 5.56. The molecular weight excluding hydrogens is 300 g/mol. The van der Waals surface area contributed by atoms with Gasteiger partial charge in [-0.1, -0.05) is 48.0 Å². The zero-order chi connectivity index (χ0) is 16.1. The van der Waals surface area contributed by atoms with E-state index in [2.05, 4.69) is 4.74 Å². The van der Waals surface area contributed by atoms with Gasteiger partial charge in [-0.25, -0.2) is 0 Å². The third-order valence-electron chi connectivity index (χ3n) is 3.52. The maximum atomic E-state index is 11.4. The summed E-state index contributed by atoms with van der Waals surface area (Å²) in [5.41, 5.74) is 14.8. The van der Waals surface area contributed by atoms with Gasteiger partial charge in [0, 0.05) is 11.1 Å². The third kappa shape index (κ3) is 4.07. The summed E-state index contributed by atoms with van der Waals surface area (Å²) in [5.74, 6) is -0.497. The first kappa shape index (κ1) is 16.5. The molecule has 0 fully saturated rings.